The maximum Gasteiger partial charge on any atom is 0.346 e. The number of carbonyl (C=O) groups is 1. The molecule has 0 spiro atoms. The molecule has 0 unspecified atom stereocenters. The Morgan fingerprint density at radius 1 is 1.58 bits per heavy atom. The molecule has 0 aliphatic rings. The largest absolute Gasteiger partial charge is 0.351 e. The molecule has 0 aliphatic carbocycles. The summed E-state index contributed by atoms with van der Waals surface area (Å²) in [6.45, 7) is 0. The van der Waals surface area contributed by atoms with Gasteiger partial charge in [0.15, 0.2) is 0 Å². The van der Waals surface area contributed by atoms with Gasteiger partial charge in [0.2, 0.25) is 0 Å². The third-order valence-electron chi connectivity index (χ3n) is 0.956. The van der Waals surface area contributed by atoms with E-state index in [-0.39, 0.29) is 0 Å². The molecule has 3 N–H and O–H groups in total. The predicted molar refractivity (Wildman–Crippen MR) is 39.3 cm³/mol. The quantitative estimate of drug-likeness (QED) is 0.600. The lowest BCUT2D eigenvalue weighted by molar-refractivity contribution is 0.253. The molecular weight excluding hydrogens is 184 g/mol. The molecule has 2 amide bonds. The first kappa shape index (κ1) is 8.53. The Hall–Kier alpha value is -1.57. The number of nitrogens with zero attached hydrogens (tertiary/aromatic N) is 2. The van der Waals surface area contributed by atoms with Crippen molar-refractivity contribution in [2.75, 3.05) is 0 Å². The topological polar surface area (TPSA) is 107 Å². The summed E-state index contributed by atoms with van der Waals surface area (Å²) in [6, 6.07) is 0.255. The summed E-state index contributed by atoms with van der Waals surface area (Å²) in [6.07, 6.45) is 2.44. The van der Waals surface area contributed by atoms with Crippen molar-refractivity contribution >= 4 is 16.2 Å². The van der Waals surface area contributed by atoms with Crippen LogP contribution in [0.5, 0.6) is 0 Å². The molecule has 0 aromatic carbocycles. The molecule has 8 heteroatoms. The normalized spacial score (nSPS) is 11.0. The van der Waals surface area contributed by atoms with Crippen molar-refractivity contribution in [1.29, 1.82) is 0 Å². The van der Waals surface area contributed by atoms with Gasteiger partial charge in [-0.1, -0.05) is 0 Å². The summed E-state index contributed by atoms with van der Waals surface area (Å²) in [4.78, 5) is 10.2. The van der Waals surface area contributed by atoms with E-state index in [9.17, 15) is 13.2 Å². The minimum atomic E-state index is -3.94. The van der Waals surface area contributed by atoms with Crippen molar-refractivity contribution in [2.24, 2.45) is 5.73 Å². The molecule has 0 atom stereocenters. The fourth-order valence-corrected chi connectivity index (χ4v) is 1.33. The van der Waals surface area contributed by atoms with Crippen LogP contribution in [-0.2, 0) is 10.2 Å². The fourth-order valence-electron chi connectivity index (χ4n) is 0.571. The zero-order valence-electron chi connectivity index (χ0n) is 5.84. The lowest BCUT2D eigenvalue weighted by atomic mass is 10.8. The van der Waals surface area contributed by atoms with Gasteiger partial charge in [-0.25, -0.2) is 9.52 Å². The number of aromatic nitrogens is 2. The van der Waals surface area contributed by atoms with Gasteiger partial charge in [0.25, 0.3) is 0 Å². The van der Waals surface area contributed by atoms with E-state index in [0.29, 0.717) is 4.09 Å². The lowest BCUT2D eigenvalue weighted by Crippen LogP contribution is -2.38. The van der Waals surface area contributed by atoms with Crippen LogP contribution in [0.4, 0.5) is 4.79 Å². The third kappa shape index (κ3) is 1.72. The highest BCUT2D eigenvalue weighted by Gasteiger charge is 2.13. The van der Waals surface area contributed by atoms with E-state index in [4.69, 9.17) is 0 Å². The average Bonchev–Trinajstić information content (AvgIpc) is 2.32. The first-order chi connectivity index (χ1) is 5.52. The molecule has 0 saturated heterocycles. The van der Waals surface area contributed by atoms with Crippen LogP contribution >= 0.6 is 0 Å². The summed E-state index contributed by atoms with van der Waals surface area (Å²) in [5, 5.41) is 3.40. The molecule has 12 heavy (non-hydrogen) atoms. The zero-order chi connectivity index (χ0) is 9.19. The van der Waals surface area contributed by atoms with E-state index in [1.807, 2.05) is 0 Å². The molecule has 1 heterocycles. The Morgan fingerprint density at radius 3 is 2.67 bits per heavy atom. The number of nitrogens with one attached hydrogen (secondary N) is 1. The Bertz CT molecular complexity index is 367. The van der Waals surface area contributed by atoms with Crippen molar-refractivity contribution in [1.82, 2.24) is 13.9 Å². The maximum absolute atomic E-state index is 11.0. The second-order valence-corrected chi connectivity index (χ2v) is 3.38. The summed E-state index contributed by atoms with van der Waals surface area (Å²) in [5.74, 6) is 0. The second kappa shape index (κ2) is 2.81. The summed E-state index contributed by atoms with van der Waals surface area (Å²) >= 11 is 0. The lowest BCUT2D eigenvalue weighted by Gasteiger charge is -2.01. The van der Waals surface area contributed by atoms with Gasteiger partial charge in [0.1, 0.15) is 0 Å². The Morgan fingerprint density at radius 2 is 2.25 bits per heavy atom. The van der Waals surface area contributed by atoms with E-state index < -0.39 is 16.2 Å². The smallest absolute Gasteiger partial charge is 0.346 e. The molecule has 1 aromatic heterocycles. The minimum absolute atomic E-state index is 0.595. The Labute approximate surface area is 68.4 Å². The van der Waals surface area contributed by atoms with Gasteiger partial charge >= 0.3 is 16.2 Å². The monoisotopic (exact) mass is 190 g/mol. The van der Waals surface area contributed by atoms with Crippen molar-refractivity contribution < 1.29 is 13.2 Å². The number of nitrogens with two attached hydrogens (primary N) is 1. The molecule has 1 rings (SSSR count). The number of hydrogen-bond acceptors (Lipinski definition) is 4. The second-order valence-electron chi connectivity index (χ2n) is 1.85. The van der Waals surface area contributed by atoms with E-state index in [1.165, 1.54) is 23.2 Å². The van der Waals surface area contributed by atoms with Crippen LogP contribution in [0.15, 0.2) is 18.5 Å². The van der Waals surface area contributed by atoms with Crippen LogP contribution in [-0.4, -0.2) is 23.6 Å². The zero-order valence-corrected chi connectivity index (χ0v) is 6.65. The van der Waals surface area contributed by atoms with E-state index in [1.54, 1.807) is 0 Å². The van der Waals surface area contributed by atoms with E-state index in [2.05, 4.69) is 10.8 Å². The molecule has 0 fully saturated rings. The highest BCUT2D eigenvalue weighted by Crippen LogP contribution is 1.89. The van der Waals surface area contributed by atoms with Gasteiger partial charge in [0.05, 0.1) is 6.20 Å². The first-order valence-corrected chi connectivity index (χ1v) is 4.29. The summed E-state index contributed by atoms with van der Waals surface area (Å²) in [5.41, 5.74) is 4.61. The number of primary amides is 1. The van der Waals surface area contributed by atoms with Gasteiger partial charge in [0, 0.05) is 6.20 Å². The van der Waals surface area contributed by atoms with E-state index in [0.717, 1.165) is 0 Å². The van der Waals surface area contributed by atoms with Crippen molar-refractivity contribution in [3.63, 3.8) is 0 Å². The van der Waals surface area contributed by atoms with Gasteiger partial charge in [-0.15, -0.1) is 4.09 Å². The van der Waals surface area contributed by atoms with Crippen molar-refractivity contribution in [3.8, 4) is 0 Å². The number of hydrogen-bond donors (Lipinski definition) is 2. The summed E-state index contributed by atoms with van der Waals surface area (Å²) in [7, 11) is -3.94. The molecule has 0 saturated carbocycles. The molecular formula is C4H6N4O3S. The van der Waals surface area contributed by atoms with Gasteiger partial charge in [-0.05, 0) is 6.07 Å². The molecule has 0 bridgehead atoms. The van der Waals surface area contributed by atoms with Crippen LogP contribution < -0.4 is 10.5 Å². The molecule has 66 valence electrons. The number of carbonyl (C=O) groups excluding carboxylic acids is 1. The third-order valence-corrected chi connectivity index (χ3v) is 2.12. The van der Waals surface area contributed by atoms with Crippen LogP contribution in [0.2, 0.25) is 0 Å². The first-order valence-electron chi connectivity index (χ1n) is 2.85. The fraction of sp³-hybridized carbons (Fsp3) is 0. The van der Waals surface area contributed by atoms with Crippen molar-refractivity contribution in [3.05, 3.63) is 18.5 Å². The highest BCUT2D eigenvalue weighted by atomic mass is 32.2. The molecule has 1 aromatic rings. The SMILES string of the molecule is NC(=O)NS(=O)(=O)n1cccn1. The summed E-state index contributed by atoms with van der Waals surface area (Å²) < 4.78 is 24.1. The predicted octanol–water partition coefficient (Wildman–Crippen LogP) is -1.36. The van der Waals surface area contributed by atoms with Gasteiger partial charge in [-0.2, -0.15) is 13.5 Å². The Kier molecular flexibility index (Phi) is 2.00. The van der Waals surface area contributed by atoms with Crippen molar-refractivity contribution in [2.45, 2.75) is 0 Å². The van der Waals surface area contributed by atoms with Crippen LogP contribution in [0.3, 0.4) is 0 Å². The highest BCUT2D eigenvalue weighted by molar-refractivity contribution is 7.88. The maximum atomic E-state index is 11.0. The molecule has 0 aliphatic heterocycles. The average molecular weight is 190 g/mol. The Balaban J connectivity index is 2.96. The van der Waals surface area contributed by atoms with Crippen LogP contribution in [0, 0.1) is 0 Å². The standard InChI is InChI=1S/C4H6N4O3S/c5-4(9)7-12(10,11)8-3-1-2-6-8/h1-3H,(H3,5,7,9). The number of amides is 2. The van der Waals surface area contributed by atoms with E-state index >= 15 is 0 Å². The molecule has 0 radical (unpaired) electrons. The minimum Gasteiger partial charge on any atom is -0.351 e. The molecule has 7 nitrogen and oxygen atoms in total. The van der Waals surface area contributed by atoms with Gasteiger partial charge in [-0.3, -0.25) is 0 Å². The van der Waals surface area contributed by atoms with Crippen LogP contribution in [0.1, 0.15) is 0 Å². The van der Waals surface area contributed by atoms with Gasteiger partial charge < -0.3 is 5.73 Å². The van der Waals surface area contributed by atoms with Crippen LogP contribution in [0.25, 0.3) is 0 Å². The number of rotatable bonds is 2. The number of urea groups is 1.